The van der Waals surface area contributed by atoms with Crippen molar-refractivity contribution >= 4 is 5.78 Å². The Hall–Kier alpha value is -1.11. The number of ketones is 1. The summed E-state index contributed by atoms with van der Waals surface area (Å²) < 4.78 is 0. The average molecular weight is 228 g/mol. The largest absolute Gasteiger partial charge is 0.294 e. The number of carbonyl (C=O) groups excluding carboxylic acids is 1. The minimum Gasteiger partial charge on any atom is -0.294 e. The lowest BCUT2D eigenvalue weighted by atomic mass is 9.92. The first kappa shape index (κ1) is 11.0. The van der Waals surface area contributed by atoms with E-state index >= 15 is 0 Å². The summed E-state index contributed by atoms with van der Waals surface area (Å²) in [6.45, 7) is 4.36. The summed E-state index contributed by atoms with van der Waals surface area (Å²) >= 11 is 0. The van der Waals surface area contributed by atoms with Crippen molar-refractivity contribution in [3.63, 3.8) is 0 Å². The summed E-state index contributed by atoms with van der Waals surface area (Å²) in [4.78, 5) is 12.3. The summed E-state index contributed by atoms with van der Waals surface area (Å²) in [5.41, 5.74) is 2.23. The highest BCUT2D eigenvalue weighted by atomic mass is 16.1. The Morgan fingerprint density at radius 2 is 1.65 bits per heavy atom. The smallest absolute Gasteiger partial charge is 0.165 e. The van der Waals surface area contributed by atoms with Gasteiger partial charge in [-0.3, -0.25) is 4.79 Å². The number of hydrogen-bond donors (Lipinski definition) is 0. The van der Waals surface area contributed by atoms with Crippen molar-refractivity contribution < 1.29 is 4.79 Å². The third-order valence-electron chi connectivity index (χ3n) is 4.48. The van der Waals surface area contributed by atoms with Crippen molar-refractivity contribution in [3.8, 4) is 0 Å². The molecule has 0 heterocycles. The van der Waals surface area contributed by atoms with Gasteiger partial charge in [0.15, 0.2) is 5.78 Å². The van der Waals surface area contributed by atoms with Gasteiger partial charge in [0.1, 0.15) is 0 Å². The molecule has 0 N–H and O–H groups in total. The van der Waals surface area contributed by atoms with E-state index in [2.05, 4.69) is 26.0 Å². The minimum absolute atomic E-state index is 0.323. The van der Waals surface area contributed by atoms with Crippen LogP contribution in [0.5, 0.6) is 0 Å². The fourth-order valence-corrected chi connectivity index (χ4v) is 3.20. The van der Waals surface area contributed by atoms with E-state index in [-0.39, 0.29) is 0 Å². The third-order valence-corrected chi connectivity index (χ3v) is 4.48. The molecule has 1 aromatic rings. The quantitative estimate of drug-likeness (QED) is 0.714. The zero-order valence-corrected chi connectivity index (χ0v) is 10.6. The fourth-order valence-electron chi connectivity index (χ4n) is 3.20. The second-order valence-electron chi connectivity index (χ2n) is 6.07. The van der Waals surface area contributed by atoms with Crippen LogP contribution in [0.4, 0.5) is 0 Å². The van der Waals surface area contributed by atoms with Crippen LogP contribution in [-0.4, -0.2) is 5.78 Å². The number of Topliss-reactive ketones (excluding diaryl/α,β-unsaturated/α-hetero) is 1. The first-order valence-electron chi connectivity index (χ1n) is 6.79. The van der Waals surface area contributed by atoms with Gasteiger partial charge >= 0.3 is 0 Å². The van der Waals surface area contributed by atoms with Gasteiger partial charge in [-0.05, 0) is 42.6 Å². The molecule has 90 valence electrons. The molecule has 0 saturated heterocycles. The monoisotopic (exact) mass is 228 g/mol. The summed E-state index contributed by atoms with van der Waals surface area (Å²) in [6.07, 6.45) is 3.68. The molecule has 2 atom stereocenters. The summed E-state index contributed by atoms with van der Waals surface area (Å²) in [5, 5.41) is 0. The Morgan fingerprint density at radius 1 is 1.06 bits per heavy atom. The van der Waals surface area contributed by atoms with Crippen LogP contribution in [0.1, 0.15) is 54.9 Å². The lowest BCUT2D eigenvalue weighted by Gasteiger charge is -2.11. The zero-order valence-electron chi connectivity index (χ0n) is 10.6. The molecule has 0 aliphatic heterocycles. The fraction of sp³-hybridized carbons (Fsp3) is 0.562. The number of benzene rings is 1. The Labute approximate surface area is 103 Å². The van der Waals surface area contributed by atoms with Crippen LogP contribution in [0, 0.1) is 17.8 Å². The second-order valence-corrected chi connectivity index (χ2v) is 6.07. The van der Waals surface area contributed by atoms with Crippen LogP contribution >= 0.6 is 0 Å². The van der Waals surface area contributed by atoms with Crippen LogP contribution in [-0.2, 0) is 0 Å². The Balaban J connectivity index is 1.72. The molecule has 0 radical (unpaired) electrons. The zero-order chi connectivity index (χ0) is 12.0. The van der Waals surface area contributed by atoms with E-state index in [1.807, 2.05) is 12.1 Å². The third kappa shape index (κ3) is 2.03. The predicted molar refractivity (Wildman–Crippen MR) is 69.2 cm³/mol. The van der Waals surface area contributed by atoms with Crippen LogP contribution in [0.15, 0.2) is 24.3 Å². The predicted octanol–water partition coefficient (Wildman–Crippen LogP) is 4.04. The van der Waals surface area contributed by atoms with Crippen molar-refractivity contribution in [1.29, 1.82) is 0 Å². The SMILES string of the molecule is CC(C)c1ccc(C(=O)C2CC3CC3C2)cc1. The molecule has 2 aliphatic rings. The summed E-state index contributed by atoms with van der Waals surface area (Å²) in [7, 11) is 0. The van der Waals surface area contributed by atoms with E-state index in [0.29, 0.717) is 17.6 Å². The molecule has 1 nitrogen and oxygen atoms in total. The molecule has 0 aromatic heterocycles. The van der Waals surface area contributed by atoms with Gasteiger partial charge in [-0.1, -0.05) is 38.1 Å². The van der Waals surface area contributed by atoms with Crippen molar-refractivity contribution in [2.24, 2.45) is 17.8 Å². The van der Waals surface area contributed by atoms with Crippen molar-refractivity contribution in [2.75, 3.05) is 0 Å². The molecule has 17 heavy (non-hydrogen) atoms. The van der Waals surface area contributed by atoms with Crippen LogP contribution < -0.4 is 0 Å². The van der Waals surface area contributed by atoms with E-state index in [1.54, 1.807) is 0 Å². The molecule has 0 spiro atoms. The van der Waals surface area contributed by atoms with E-state index in [9.17, 15) is 4.79 Å². The Morgan fingerprint density at radius 3 is 2.18 bits per heavy atom. The molecule has 2 unspecified atom stereocenters. The normalized spacial score (nSPS) is 30.4. The van der Waals surface area contributed by atoms with Crippen molar-refractivity contribution in [1.82, 2.24) is 0 Å². The molecule has 2 aliphatic carbocycles. The maximum atomic E-state index is 12.3. The van der Waals surface area contributed by atoms with Crippen LogP contribution in [0.3, 0.4) is 0 Å². The van der Waals surface area contributed by atoms with Gasteiger partial charge in [-0.2, -0.15) is 0 Å². The highest BCUT2D eigenvalue weighted by Gasteiger charge is 2.47. The van der Waals surface area contributed by atoms with E-state index in [4.69, 9.17) is 0 Å². The highest BCUT2D eigenvalue weighted by molar-refractivity contribution is 5.98. The second kappa shape index (κ2) is 3.97. The molecule has 1 aromatic carbocycles. The van der Waals surface area contributed by atoms with Gasteiger partial charge in [0, 0.05) is 11.5 Å². The van der Waals surface area contributed by atoms with Gasteiger partial charge in [-0.15, -0.1) is 0 Å². The molecular weight excluding hydrogens is 208 g/mol. The van der Waals surface area contributed by atoms with Crippen molar-refractivity contribution in [3.05, 3.63) is 35.4 Å². The van der Waals surface area contributed by atoms with E-state index < -0.39 is 0 Å². The van der Waals surface area contributed by atoms with Gasteiger partial charge in [0.05, 0.1) is 0 Å². The Bertz CT molecular complexity index is 419. The first-order valence-corrected chi connectivity index (χ1v) is 6.79. The first-order chi connectivity index (χ1) is 8.15. The molecule has 2 saturated carbocycles. The number of carbonyl (C=O) groups is 1. The van der Waals surface area contributed by atoms with E-state index in [0.717, 1.165) is 30.2 Å². The lowest BCUT2D eigenvalue weighted by Crippen LogP contribution is -2.13. The van der Waals surface area contributed by atoms with Gasteiger partial charge < -0.3 is 0 Å². The molecule has 2 fully saturated rings. The molecule has 0 amide bonds. The standard InChI is InChI=1S/C16H20O/c1-10(2)11-3-5-12(6-4-11)16(17)15-8-13-7-14(13)9-15/h3-6,10,13-15H,7-9H2,1-2H3. The number of rotatable bonds is 3. The molecule has 3 rings (SSSR count). The summed E-state index contributed by atoms with van der Waals surface area (Å²) in [6, 6.07) is 8.24. The van der Waals surface area contributed by atoms with Gasteiger partial charge in [0.25, 0.3) is 0 Å². The molecule has 1 heteroatoms. The highest BCUT2D eigenvalue weighted by Crippen LogP contribution is 2.54. The van der Waals surface area contributed by atoms with Crippen LogP contribution in [0.2, 0.25) is 0 Å². The topological polar surface area (TPSA) is 17.1 Å². The van der Waals surface area contributed by atoms with Gasteiger partial charge in [0.2, 0.25) is 0 Å². The maximum Gasteiger partial charge on any atom is 0.165 e. The average Bonchev–Trinajstić information content (AvgIpc) is 2.95. The minimum atomic E-state index is 0.323. The van der Waals surface area contributed by atoms with Crippen LogP contribution in [0.25, 0.3) is 0 Å². The van der Waals surface area contributed by atoms with Gasteiger partial charge in [-0.25, -0.2) is 0 Å². The lowest BCUT2D eigenvalue weighted by molar-refractivity contribution is 0.0914. The maximum absolute atomic E-state index is 12.3. The van der Waals surface area contributed by atoms with E-state index in [1.165, 1.54) is 12.0 Å². The molecule has 0 bridgehead atoms. The summed E-state index contributed by atoms with van der Waals surface area (Å²) in [5.74, 6) is 3.02. The molecular formula is C16H20O. The number of fused-ring (bicyclic) bond motifs is 1. The van der Waals surface area contributed by atoms with Crippen molar-refractivity contribution in [2.45, 2.75) is 39.0 Å². The Kier molecular flexibility index (Phi) is 2.57. The number of hydrogen-bond acceptors (Lipinski definition) is 1.